The molecule has 0 unspecified atom stereocenters. The van der Waals surface area contributed by atoms with Gasteiger partial charge in [-0.3, -0.25) is 0 Å². The van der Waals surface area contributed by atoms with E-state index in [2.05, 4.69) is 26.3 Å². The van der Waals surface area contributed by atoms with Crippen LogP contribution in [0.25, 0.3) is 0 Å². The van der Waals surface area contributed by atoms with Crippen molar-refractivity contribution < 1.29 is 0 Å². The summed E-state index contributed by atoms with van der Waals surface area (Å²) in [5.74, 6) is 0.282. The summed E-state index contributed by atoms with van der Waals surface area (Å²) < 4.78 is 0. The molecular weight excluding hydrogens is 552 g/mol. The lowest BCUT2D eigenvalue weighted by molar-refractivity contribution is 0.459. The van der Waals surface area contributed by atoms with E-state index in [1.165, 1.54) is 23.5 Å². The molecule has 0 spiro atoms. The largest absolute Gasteiger partial charge is 0.336 e. The highest BCUT2D eigenvalue weighted by Gasteiger charge is 2.29. The van der Waals surface area contributed by atoms with E-state index in [0.717, 1.165) is 20.9 Å². The molecule has 0 aliphatic carbocycles. The Hall–Kier alpha value is -1.40. The lowest BCUT2D eigenvalue weighted by Crippen LogP contribution is -2.39. The van der Waals surface area contributed by atoms with Crippen molar-refractivity contribution >= 4 is 75.9 Å². The molecule has 5 nitrogen and oxygen atoms in total. The summed E-state index contributed by atoms with van der Waals surface area (Å²) in [5, 5.41) is 15.9. The molecule has 34 heavy (non-hydrogen) atoms. The standard InChI is InChI=1S/C23H21Cl4N5S2/c1-11(2)23(5,10-28)32-20-29-21(33-18-6-12(3)14(24)8-16(18)26)31-22(30-20)34-19-7-13(4)15(25)9-17(19)27/h6-9,11H,1-5H3,(H,29,30,31,32)/t23-/m1/s1. The van der Waals surface area contributed by atoms with E-state index in [4.69, 9.17) is 46.4 Å². The number of nitrogens with zero attached hydrogens (tertiary/aromatic N) is 4. The van der Waals surface area contributed by atoms with Gasteiger partial charge in [-0.15, -0.1) is 0 Å². The molecule has 3 rings (SSSR count). The minimum Gasteiger partial charge on any atom is -0.336 e. The Bertz CT molecular complexity index is 1200. The second-order valence-corrected chi connectivity index (χ2v) is 11.7. The molecule has 1 aromatic heterocycles. The number of benzene rings is 2. The maximum absolute atomic E-state index is 9.76. The fourth-order valence-corrected chi connectivity index (χ4v) is 5.40. The van der Waals surface area contributed by atoms with Gasteiger partial charge in [0.05, 0.1) is 16.1 Å². The lowest BCUT2D eigenvalue weighted by Gasteiger charge is -2.27. The van der Waals surface area contributed by atoms with Gasteiger partial charge in [-0.05, 0) is 85.6 Å². The van der Waals surface area contributed by atoms with Gasteiger partial charge in [0.15, 0.2) is 10.3 Å². The van der Waals surface area contributed by atoms with Crippen LogP contribution < -0.4 is 5.32 Å². The molecule has 1 atom stereocenters. The first-order chi connectivity index (χ1) is 15.9. The van der Waals surface area contributed by atoms with Crippen molar-refractivity contribution in [1.29, 1.82) is 5.26 Å². The second-order valence-electron chi connectivity index (χ2n) is 8.09. The van der Waals surface area contributed by atoms with Gasteiger partial charge in [0.2, 0.25) is 5.95 Å². The summed E-state index contributed by atoms with van der Waals surface area (Å²) in [7, 11) is 0. The fourth-order valence-electron chi connectivity index (χ4n) is 2.63. The van der Waals surface area contributed by atoms with E-state index in [9.17, 15) is 5.26 Å². The molecule has 3 aromatic rings. The summed E-state index contributed by atoms with van der Waals surface area (Å²) in [6.45, 7) is 9.51. The third-order valence-electron chi connectivity index (χ3n) is 5.18. The van der Waals surface area contributed by atoms with Crippen LogP contribution in [-0.2, 0) is 0 Å². The van der Waals surface area contributed by atoms with Gasteiger partial charge >= 0.3 is 0 Å². The van der Waals surface area contributed by atoms with E-state index in [1.54, 1.807) is 19.1 Å². The number of hydrogen-bond acceptors (Lipinski definition) is 7. The summed E-state index contributed by atoms with van der Waals surface area (Å²) in [6.07, 6.45) is 0. The number of aryl methyl sites for hydroxylation is 2. The van der Waals surface area contributed by atoms with Gasteiger partial charge in [0, 0.05) is 19.8 Å². The van der Waals surface area contributed by atoms with Gasteiger partial charge in [-0.2, -0.15) is 20.2 Å². The Labute approximate surface area is 228 Å². The normalized spacial score (nSPS) is 13.0. The molecule has 0 bridgehead atoms. The molecule has 0 amide bonds. The molecule has 1 N–H and O–H groups in total. The number of aromatic nitrogens is 3. The lowest BCUT2D eigenvalue weighted by atomic mass is 9.90. The Kier molecular flexibility index (Phi) is 8.89. The van der Waals surface area contributed by atoms with Gasteiger partial charge in [-0.1, -0.05) is 60.3 Å². The Morgan fingerprint density at radius 3 is 1.65 bits per heavy atom. The minimum absolute atomic E-state index is 0.00295. The van der Waals surface area contributed by atoms with E-state index in [-0.39, 0.29) is 11.9 Å². The SMILES string of the molecule is Cc1cc(Sc2nc(N[C@](C)(C#N)C(C)C)nc(Sc3cc(C)c(Cl)cc3Cl)n2)c(Cl)cc1Cl. The molecule has 0 saturated heterocycles. The van der Waals surface area contributed by atoms with E-state index >= 15 is 0 Å². The monoisotopic (exact) mass is 571 g/mol. The summed E-state index contributed by atoms with van der Waals surface area (Å²) >= 11 is 27.8. The van der Waals surface area contributed by atoms with Crippen LogP contribution in [0, 0.1) is 31.1 Å². The third kappa shape index (κ3) is 6.42. The highest BCUT2D eigenvalue weighted by molar-refractivity contribution is 8.00. The summed E-state index contributed by atoms with van der Waals surface area (Å²) in [5.41, 5.74) is 0.889. The smallest absolute Gasteiger partial charge is 0.228 e. The van der Waals surface area contributed by atoms with E-state index in [0.29, 0.717) is 30.4 Å². The zero-order valence-electron chi connectivity index (χ0n) is 19.0. The van der Waals surface area contributed by atoms with Crippen molar-refractivity contribution in [3.05, 3.63) is 55.5 Å². The van der Waals surface area contributed by atoms with Crippen LogP contribution in [0.15, 0.2) is 44.4 Å². The van der Waals surface area contributed by atoms with Crippen LogP contribution in [0.1, 0.15) is 31.9 Å². The van der Waals surface area contributed by atoms with Crippen LogP contribution in [-0.4, -0.2) is 20.5 Å². The first-order valence-electron chi connectivity index (χ1n) is 10.1. The van der Waals surface area contributed by atoms with E-state index in [1.807, 2.05) is 39.8 Å². The topological polar surface area (TPSA) is 74.5 Å². The maximum Gasteiger partial charge on any atom is 0.228 e. The predicted molar refractivity (Wildman–Crippen MR) is 143 cm³/mol. The minimum atomic E-state index is -0.881. The highest BCUT2D eigenvalue weighted by Crippen LogP contribution is 2.39. The van der Waals surface area contributed by atoms with Gasteiger partial charge in [0.1, 0.15) is 5.54 Å². The van der Waals surface area contributed by atoms with Crippen LogP contribution in [0.2, 0.25) is 20.1 Å². The average molecular weight is 573 g/mol. The first kappa shape index (κ1) is 27.2. The zero-order chi connectivity index (χ0) is 25.2. The summed E-state index contributed by atoms with van der Waals surface area (Å²) in [4.78, 5) is 15.2. The Morgan fingerprint density at radius 2 is 1.26 bits per heavy atom. The Morgan fingerprint density at radius 1 is 0.824 bits per heavy atom. The van der Waals surface area contributed by atoms with Crippen LogP contribution in [0.5, 0.6) is 0 Å². The molecule has 2 aromatic carbocycles. The number of hydrogen-bond donors (Lipinski definition) is 1. The number of rotatable bonds is 7. The van der Waals surface area contributed by atoms with Gasteiger partial charge in [0.25, 0.3) is 0 Å². The number of halogens is 4. The third-order valence-corrected chi connectivity index (χ3v) is 8.69. The van der Waals surface area contributed by atoms with Crippen molar-refractivity contribution in [3.8, 4) is 6.07 Å². The fraction of sp³-hybridized carbons (Fsp3) is 0.304. The van der Waals surface area contributed by atoms with Gasteiger partial charge in [-0.25, -0.2) is 0 Å². The molecule has 0 saturated carbocycles. The number of nitrogens with one attached hydrogen (secondary N) is 1. The molecule has 0 radical (unpaired) electrons. The predicted octanol–water partition coefficient (Wildman–Crippen LogP) is 8.75. The number of anilines is 1. The van der Waals surface area contributed by atoms with Crippen molar-refractivity contribution in [1.82, 2.24) is 15.0 Å². The van der Waals surface area contributed by atoms with Crippen molar-refractivity contribution in [2.75, 3.05) is 5.32 Å². The van der Waals surface area contributed by atoms with Crippen LogP contribution >= 0.6 is 69.9 Å². The van der Waals surface area contributed by atoms with Crippen LogP contribution in [0.3, 0.4) is 0 Å². The molecule has 0 aliphatic rings. The molecule has 0 aliphatic heterocycles. The molecule has 11 heteroatoms. The molecule has 178 valence electrons. The number of nitriles is 1. The molecule has 0 fully saturated rings. The maximum atomic E-state index is 9.76. The van der Waals surface area contributed by atoms with E-state index < -0.39 is 5.54 Å². The average Bonchev–Trinajstić information content (AvgIpc) is 2.75. The van der Waals surface area contributed by atoms with Crippen molar-refractivity contribution in [2.45, 2.75) is 60.3 Å². The first-order valence-corrected chi connectivity index (χ1v) is 13.3. The van der Waals surface area contributed by atoms with Gasteiger partial charge < -0.3 is 5.32 Å². The van der Waals surface area contributed by atoms with Crippen molar-refractivity contribution in [3.63, 3.8) is 0 Å². The molecular formula is C23H21Cl4N5S2. The Balaban J connectivity index is 2.06. The quantitative estimate of drug-likeness (QED) is 0.303. The van der Waals surface area contributed by atoms with Crippen LogP contribution in [0.4, 0.5) is 5.95 Å². The highest BCUT2D eigenvalue weighted by atomic mass is 35.5. The molecule has 1 heterocycles. The summed E-state index contributed by atoms with van der Waals surface area (Å²) in [6, 6.07) is 9.46. The second kappa shape index (κ2) is 11.1. The zero-order valence-corrected chi connectivity index (χ0v) is 23.7. The van der Waals surface area contributed by atoms with Crippen molar-refractivity contribution in [2.24, 2.45) is 5.92 Å².